The van der Waals surface area contributed by atoms with E-state index in [1.165, 1.54) is 28.7 Å². The van der Waals surface area contributed by atoms with Crippen LogP contribution in [0.25, 0.3) is 17.2 Å². The molecule has 0 saturated heterocycles. The fraction of sp³-hybridized carbons (Fsp3) is 0.391. The maximum atomic E-state index is 13.3. The Morgan fingerprint density at radius 1 is 0.920 bits per heavy atom. The third kappa shape index (κ3) is 4.78. The van der Waals surface area contributed by atoms with Crippen molar-refractivity contribution in [3.05, 3.63) is 65.7 Å². The van der Waals surface area contributed by atoms with Crippen molar-refractivity contribution in [2.24, 2.45) is 0 Å². The number of rotatable bonds is 5. The highest BCUT2D eigenvalue weighted by atomic mass is 19.3. The van der Waals surface area contributed by atoms with Crippen molar-refractivity contribution in [3.8, 4) is 11.1 Å². The number of alkyl halides is 2. The van der Waals surface area contributed by atoms with Crippen molar-refractivity contribution in [1.29, 1.82) is 0 Å². The lowest BCUT2D eigenvalue weighted by atomic mass is 9.82. The van der Waals surface area contributed by atoms with E-state index in [1.807, 2.05) is 0 Å². The van der Waals surface area contributed by atoms with Crippen molar-refractivity contribution in [2.75, 3.05) is 0 Å². The second-order valence-corrected chi connectivity index (χ2v) is 7.07. The van der Waals surface area contributed by atoms with Gasteiger partial charge in [0.1, 0.15) is 0 Å². The Kier molecular flexibility index (Phi) is 5.67. The van der Waals surface area contributed by atoms with Gasteiger partial charge in [-0.2, -0.15) is 0 Å². The van der Waals surface area contributed by atoms with Gasteiger partial charge in [0.05, 0.1) is 0 Å². The third-order valence-corrected chi connectivity index (χ3v) is 5.11. The van der Waals surface area contributed by atoms with Gasteiger partial charge in [-0.05, 0) is 47.4 Å². The molecule has 0 aromatic heterocycles. The second kappa shape index (κ2) is 7.95. The van der Waals surface area contributed by atoms with Crippen LogP contribution in [0.5, 0.6) is 0 Å². The fourth-order valence-corrected chi connectivity index (χ4v) is 3.49. The number of unbranched alkanes of at least 4 members (excludes halogenated alkanes) is 1. The van der Waals surface area contributed by atoms with Gasteiger partial charge >= 0.3 is 0 Å². The lowest BCUT2D eigenvalue weighted by Gasteiger charge is -2.28. The molecule has 132 valence electrons. The Balaban J connectivity index is 1.66. The number of halogens is 2. The summed E-state index contributed by atoms with van der Waals surface area (Å²) in [6, 6.07) is 17.0. The molecule has 0 N–H and O–H groups in total. The maximum Gasteiger partial charge on any atom is 0.248 e. The van der Waals surface area contributed by atoms with E-state index >= 15 is 0 Å². The zero-order chi connectivity index (χ0) is 17.7. The molecule has 0 radical (unpaired) electrons. The first kappa shape index (κ1) is 17.8. The first-order chi connectivity index (χ1) is 12.1. The van der Waals surface area contributed by atoms with Crippen LogP contribution in [0, 0.1) is 0 Å². The Hall–Kier alpha value is -1.96. The fourth-order valence-electron chi connectivity index (χ4n) is 3.49. The van der Waals surface area contributed by atoms with Crippen LogP contribution < -0.4 is 0 Å². The van der Waals surface area contributed by atoms with Crippen LogP contribution >= 0.6 is 0 Å². The van der Waals surface area contributed by atoms with Crippen LogP contribution in [0.3, 0.4) is 0 Å². The monoisotopic (exact) mass is 340 g/mol. The van der Waals surface area contributed by atoms with E-state index in [1.54, 1.807) is 0 Å². The van der Waals surface area contributed by atoms with Crippen LogP contribution in [-0.4, -0.2) is 5.92 Å². The van der Waals surface area contributed by atoms with Gasteiger partial charge in [-0.1, -0.05) is 74.0 Å². The smallest absolute Gasteiger partial charge is 0.207 e. The molecule has 2 heteroatoms. The van der Waals surface area contributed by atoms with E-state index in [9.17, 15) is 8.78 Å². The minimum absolute atomic E-state index is 0.0203. The van der Waals surface area contributed by atoms with Crippen LogP contribution in [-0.2, 0) is 0 Å². The minimum Gasteiger partial charge on any atom is -0.207 e. The molecule has 2 aromatic rings. The Bertz CT molecular complexity index is 686. The van der Waals surface area contributed by atoms with E-state index in [-0.39, 0.29) is 18.8 Å². The molecule has 1 aliphatic rings. The van der Waals surface area contributed by atoms with E-state index in [4.69, 9.17) is 0 Å². The molecular weight excluding hydrogens is 314 g/mol. The molecule has 1 aliphatic carbocycles. The summed E-state index contributed by atoms with van der Waals surface area (Å²) in [5.41, 5.74) is 4.78. The highest BCUT2D eigenvalue weighted by Crippen LogP contribution is 2.41. The van der Waals surface area contributed by atoms with Gasteiger partial charge in [0.15, 0.2) is 0 Å². The largest absolute Gasteiger partial charge is 0.248 e. The van der Waals surface area contributed by atoms with E-state index < -0.39 is 5.92 Å². The summed E-state index contributed by atoms with van der Waals surface area (Å²) < 4.78 is 26.6. The van der Waals surface area contributed by atoms with E-state index in [0.717, 1.165) is 6.42 Å². The van der Waals surface area contributed by atoms with Gasteiger partial charge in [-0.25, -0.2) is 8.78 Å². The summed E-state index contributed by atoms with van der Waals surface area (Å²) in [6.07, 6.45) is 7.86. The maximum absolute atomic E-state index is 13.3. The molecule has 0 atom stereocenters. The lowest BCUT2D eigenvalue weighted by Crippen LogP contribution is -2.23. The van der Waals surface area contributed by atoms with Crippen molar-refractivity contribution < 1.29 is 8.78 Å². The SMILES string of the molecule is CCC/C=C/c1ccc(-c2ccc(C3CCC(F)(F)CC3)cc2)cc1. The molecule has 1 fully saturated rings. The molecule has 1 saturated carbocycles. The molecule has 0 bridgehead atoms. The average molecular weight is 340 g/mol. The summed E-state index contributed by atoms with van der Waals surface area (Å²) in [7, 11) is 0. The number of benzene rings is 2. The predicted molar refractivity (Wildman–Crippen MR) is 102 cm³/mol. The molecule has 0 nitrogen and oxygen atoms in total. The molecule has 2 aromatic carbocycles. The van der Waals surface area contributed by atoms with Crippen LogP contribution in [0.1, 0.15) is 62.5 Å². The summed E-state index contributed by atoms with van der Waals surface area (Å²) in [5, 5.41) is 0. The first-order valence-corrected chi connectivity index (χ1v) is 9.32. The molecule has 0 amide bonds. The third-order valence-electron chi connectivity index (χ3n) is 5.11. The van der Waals surface area contributed by atoms with Gasteiger partial charge in [-0.3, -0.25) is 0 Å². The van der Waals surface area contributed by atoms with Crippen molar-refractivity contribution in [2.45, 2.75) is 57.3 Å². The first-order valence-electron chi connectivity index (χ1n) is 9.32. The quantitative estimate of drug-likeness (QED) is 0.530. The minimum atomic E-state index is -2.45. The highest BCUT2D eigenvalue weighted by molar-refractivity contribution is 5.66. The average Bonchev–Trinajstić information content (AvgIpc) is 2.63. The molecule has 0 spiro atoms. The van der Waals surface area contributed by atoms with Crippen LogP contribution in [0.2, 0.25) is 0 Å². The zero-order valence-electron chi connectivity index (χ0n) is 14.8. The topological polar surface area (TPSA) is 0 Å². The second-order valence-electron chi connectivity index (χ2n) is 7.07. The van der Waals surface area contributed by atoms with Gasteiger partial charge in [0.25, 0.3) is 0 Å². The lowest BCUT2D eigenvalue weighted by molar-refractivity contribution is -0.0382. The predicted octanol–water partition coefficient (Wildman–Crippen LogP) is 7.46. The van der Waals surface area contributed by atoms with Gasteiger partial charge in [0, 0.05) is 12.8 Å². The van der Waals surface area contributed by atoms with Crippen molar-refractivity contribution in [3.63, 3.8) is 0 Å². The van der Waals surface area contributed by atoms with E-state index in [0.29, 0.717) is 12.8 Å². The molecule has 3 rings (SSSR count). The van der Waals surface area contributed by atoms with Crippen LogP contribution in [0.4, 0.5) is 8.78 Å². The normalized spacial score (nSPS) is 17.9. The number of hydrogen-bond donors (Lipinski definition) is 0. The molecule has 0 unspecified atom stereocenters. The number of allylic oxidation sites excluding steroid dienone is 1. The summed E-state index contributed by atoms with van der Waals surface area (Å²) in [4.78, 5) is 0. The van der Waals surface area contributed by atoms with Crippen molar-refractivity contribution in [1.82, 2.24) is 0 Å². The molecule has 0 aliphatic heterocycles. The standard InChI is InChI=1S/C23H26F2/c1-2-3-4-5-18-6-8-19(9-7-18)20-10-12-21(13-11-20)22-14-16-23(24,25)17-15-22/h4-13,22H,2-3,14-17H2,1H3/b5-4+. The summed E-state index contributed by atoms with van der Waals surface area (Å²) in [6.45, 7) is 2.18. The van der Waals surface area contributed by atoms with Gasteiger partial charge < -0.3 is 0 Å². The Labute approximate surface area is 149 Å². The van der Waals surface area contributed by atoms with Crippen LogP contribution in [0.15, 0.2) is 54.6 Å². The molecule has 25 heavy (non-hydrogen) atoms. The highest BCUT2D eigenvalue weighted by Gasteiger charge is 2.35. The van der Waals surface area contributed by atoms with Crippen molar-refractivity contribution >= 4 is 6.08 Å². The summed E-state index contributed by atoms with van der Waals surface area (Å²) >= 11 is 0. The van der Waals surface area contributed by atoms with Gasteiger partial charge in [-0.15, -0.1) is 0 Å². The van der Waals surface area contributed by atoms with E-state index in [2.05, 4.69) is 67.6 Å². The Morgan fingerprint density at radius 3 is 2.04 bits per heavy atom. The molecule has 0 heterocycles. The zero-order valence-corrected chi connectivity index (χ0v) is 14.8. The summed E-state index contributed by atoms with van der Waals surface area (Å²) in [5.74, 6) is -2.18. The number of hydrogen-bond acceptors (Lipinski definition) is 0. The van der Waals surface area contributed by atoms with Gasteiger partial charge in [0.2, 0.25) is 5.92 Å². The molecular formula is C23H26F2. The Morgan fingerprint density at radius 2 is 1.48 bits per heavy atom.